The third-order valence-corrected chi connectivity index (χ3v) is 9.09. The predicted molar refractivity (Wildman–Crippen MR) is 157 cm³/mol. The first kappa shape index (κ1) is 28.5. The summed E-state index contributed by atoms with van der Waals surface area (Å²) >= 11 is 0. The van der Waals surface area contributed by atoms with Crippen LogP contribution >= 0.6 is 0 Å². The van der Waals surface area contributed by atoms with Crippen molar-refractivity contribution in [2.24, 2.45) is 5.92 Å². The number of carboxylic acid groups (broad SMARTS) is 2. The number of Topliss-reactive ketones (excluding diaryl/α,β-unsaturated/α-hetero) is 1. The molecule has 9 heteroatoms. The number of anilines is 1. The molecule has 2 aromatic rings. The SMILES string of the molecule is CN1/C(=C\C2=C(C(=C=N)C#N)C(CC3=[N+](C)c4ccc(C(=O)O)cc4C3(C)C)C2=O)C(C)(C)c2cc(C(=O)O)ccc21. The molecule has 42 heavy (non-hydrogen) atoms. The van der Waals surface area contributed by atoms with E-state index in [1.807, 2.05) is 57.3 Å². The summed E-state index contributed by atoms with van der Waals surface area (Å²) in [7, 11) is 3.74. The molecule has 2 aliphatic heterocycles. The van der Waals surface area contributed by atoms with Gasteiger partial charge < -0.3 is 15.1 Å². The van der Waals surface area contributed by atoms with Crippen molar-refractivity contribution in [2.45, 2.75) is 44.9 Å². The molecule has 2 heterocycles. The summed E-state index contributed by atoms with van der Waals surface area (Å²) in [5.41, 5.74) is 4.93. The topological polar surface area (TPSA) is 146 Å². The molecule has 1 atom stereocenters. The number of nitrogens with zero attached hydrogens (tertiary/aromatic N) is 3. The van der Waals surface area contributed by atoms with E-state index in [-0.39, 0.29) is 28.9 Å². The summed E-state index contributed by atoms with van der Waals surface area (Å²) in [6, 6.07) is 12.0. The maximum Gasteiger partial charge on any atom is 0.335 e. The Morgan fingerprint density at radius 1 is 1.05 bits per heavy atom. The van der Waals surface area contributed by atoms with E-state index in [1.165, 1.54) is 0 Å². The van der Waals surface area contributed by atoms with Gasteiger partial charge in [-0.2, -0.15) is 5.26 Å². The second-order valence-corrected chi connectivity index (χ2v) is 12.0. The zero-order valence-electron chi connectivity index (χ0n) is 24.3. The Labute approximate surface area is 243 Å². The number of hydrogen-bond donors (Lipinski definition) is 3. The summed E-state index contributed by atoms with van der Waals surface area (Å²) in [5.74, 6) is -0.656. The number of hydrogen-bond acceptors (Lipinski definition) is 6. The Bertz CT molecular complexity index is 1830. The second-order valence-electron chi connectivity index (χ2n) is 12.0. The number of rotatable bonds is 6. The van der Waals surface area contributed by atoms with Gasteiger partial charge in [0.15, 0.2) is 11.5 Å². The maximum absolute atomic E-state index is 13.8. The van der Waals surface area contributed by atoms with E-state index in [4.69, 9.17) is 5.41 Å². The fourth-order valence-corrected chi connectivity index (χ4v) is 6.70. The van der Waals surface area contributed by atoms with Crippen LogP contribution in [-0.4, -0.2) is 58.2 Å². The lowest BCUT2D eigenvalue weighted by molar-refractivity contribution is -0.404. The molecule has 0 bridgehead atoms. The number of aromatic carboxylic acids is 2. The smallest absolute Gasteiger partial charge is 0.335 e. The van der Waals surface area contributed by atoms with E-state index >= 15 is 0 Å². The van der Waals surface area contributed by atoms with E-state index in [1.54, 1.807) is 42.5 Å². The molecule has 2 aromatic carbocycles. The fraction of sp³-hybridized carbons (Fsp3) is 0.303. The Hall–Kier alpha value is -5.06. The van der Waals surface area contributed by atoms with Gasteiger partial charge >= 0.3 is 11.9 Å². The Kier molecular flexibility index (Phi) is 6.44. The number of ketones is 1. The molecule has 5 rings (SSSR count). The first-order chi connectivity index (χ1) is 19.7. The first-order valence-electron chi connectivity index (χ1n) is 13.5. The van der Waals surface area contributed by atoms with Crippen molar-refractivity contribution in [3.63, 3.8) is 0 Å². The average Bonchev–Trinajstić information content (AvgIpc) is 3.26. The van der Waals surface area contributed by atoms with Gasteiger partial charge in [-0.3, -0.25) is 10.2 Å². The quantitative estimate of drug-likeness (QED) is 0.255. The van der Waals surface area contributed by atoms with Crippen molar-refractivity contribution in [1.82, 2.24) is 0 Å². The van der Waals surface area contributed by atoms with Gasteiger partial charge in [-0.25, -0.2) is 14.2 Å². The third kappa shape index (κ3) is 3.95. The molecule has 0 radical (unpaired) electrons. The number of fused-ring (bicyclic) bond motifs is 2. The zero-order chi connectivity index (χ0) is 30.9. The van der Waals surface area contributed by atoms with Gasteiger partial charge in [-0.05, 0) is 61.7 Å². The van der Waals surface area contributed by atoms with Crippen LogP contribution in [0.15, 0.2) is 64.9 Å². The van der Waals surface area contributed by atoms with Crippen molar-refractivity contribution in [3.8, 4) is 6.07 Å². The van der Waals surface area contributed by atoms with Gasteiger partial charge in [0.25, 0.3) is 0 Å². The standard InChI is InChI=1S/C33H30N4O5/c1-32(2)22-11-17(30(39)40)7-9-24(22)36(5)26(32)13-20-28(19(15-34)16-35)21(29(20)38)14-27-33(3,4)23-12-18(31(41)42)8-10-25(23)37(27)6/h7-13,21,34H,14H2,1-6H3,(H-,39,40,41,42)/p+1/b26-13-. The van der Waals surface area contributed by atoms with E-state index in [0.717, 1.165) is 33.9 Å². The van der Waals surface area contributed by atoms with Crippen LogP contribution in [0.3, 0.4) is 0 Å². The van der Waals surface area contributed by atoms with Crippen LogP contribution in [-0.2, 0) is 15.6 Å². The molecule has 9 nitrogen and oxygen atoms in total. The summed E-state index contributed by atoms with van der Waals surface area (Å²) in [6.07, 6.45) is 2.04. The van der Waals surface area contributed by atoms with Crippen molar-refractivity contribution >= 4 is 40.7 Å². The van der Waals surface area contributed by atoms with Crippen molar-refractivity contribution in [1.29, 1.82) is 10.7 Å². The number of benzene rings is 2. The second kappa shape index (κ2) is 9.51. The van der Waals surface area contributed by atoms with Crippen molar-refractivity contribution in [2.75, 3.05) is 19.0 Å². The Morgan fingerprint density at radius 2 is 1.64 bits per heavy atom. The van der Waals surface area contributed by atoms with Crippen LogP contribution in [0.5, 0.6) is 0 Å². The van der Waals surface area contributed by atoms with Gasteiger partial charge in [0, 0.05) is 53.0 Å². The normalized spacial score (nSPS) is 20.6. The van der Waals surface area contributed by atoms with Gasteiger partial charge in [-0.1, -0.05) is 13.8 Å². The number of carboxylic acids is 2. The lowest BCUT2D eigenvalue weighted by atomic mass is 9.67. The highest BCUT2D eigenvalue weighted by molar-refractivity contribution is 6.14. The van der Waals surface area contributed by atoms with Crippen LogP contribution in [0.4, 0.5) is 11.4 Å². The highest BCUT2D eigenvalue weighted by Crippen LogP contribution is 2.50. The highest BCUT2D eigenvalue weighted by atomic mass is 16.4. The first-order valence-corrected chi connectivity index (χ1v) is 13.5. The van der Waals surface area contributed by atoms with E-state index in [2.05, 4.69) is 5.87 Å². The molecule has 0 spiro atoms. The number of nitrogens with one attached hydrogen (secondary N) is 1. The summed E-state index contributed by atoms with van der Waals surface area (Å²) in [5, 5.41) is 36.7. The predicted octanol–water partition coefficient (Wildman–Crippen LogP) is 4.98. The molecular formula is C33H31N4O5+. The molecule has 3 aliphatic rings. The minimum atomic E-state index is -1.02. The molecule has 0 amide bonds. The van der Waals surface area contributed by atoms with E-state index < -0.39 is 28.7 Å². The summed E-state index contributed by atoms with van der Waals surface area (Å²) in [6.45, 7) is 7.89. The number of likely N-dealkylation sites (N-methyl/N-ethyl adjacent to an activating group) is 1. The molecular weight excluding hydrogens is 532 g/mol. The number of carbonyl (C=O) groups is 3. The van der Waals surface area contributed by atoms with Crippen LogP contribution in [0.25, 0.3) is 0 Å². The van der Waals surface area contributed by atoms with Gasteiger partial charge in [-0.15, -0.1) is 0 Å². The molecule has 212 valence electrons. The third-order valence-electron chi connectivity index (χ3n) is 9.09. The van der Waals surface area contributed by atoms with Crippen LogP contribution < -0.4 is 4.90 Å². The molecule has 0 saturated heterocycles. The Morgan fingerprint density at radius 3 is 2.21 bits per heavy atom. The van der Waals surface area contributed by atoms with Crippen molar-refractivity contribution < 1.29 is 29.2 Å². The summed E-state index contributed by atoms with van der Waals surface area (Å²) < 4.78 is 1.98. The number of allylic oxidation sites excluding steroid dienone is 5. The van der Waals surface area contributed by atoms with Gasteiger partial charge in [0.05, 0.1) is 22.5 Å². The van der Waals surface area contributed by atoms with Crippen LogP contribution in [0.1, 0.15) is 66.0 Å². The zero-order valence-corrected chi connectivity index (χ0v) is 24.3. The van der Waals surface area contributed by atoms with Gasteiger partial charge in [0.1, 0.15) is 18.7 Å². The fourth-order valence-electron chi connectivity index (χ4n) is 6.70. The summed E-state index contributed by atoms with van der Waals surface area (Å²) in [4.78, 5) is 39.0. The molecule has 0 saturated carbocycles. The largest absolute Gasteiger partial charge is 0.478 e. The minimum absolute atomic E-state index is 0.0136. The van der Waals surface area contributed by atoms with Gasteiger partial charge in [0.2, 0.25) is 5.69 Å². The molecule has 0 fully saturated rings. The Balaban J connectivity index is 1.58. The number of nitriles is 1. The number of carbonyl (C=O) groups excluding carboxylic acids is 1. The van der Waals surface area contributed by atoms with Crippen LogP contribution in [0, 0.1) is 22.7 Å². The maximum atomic E-state index is 13.8. The molecule has 0 aromatic heterocycles. The van der Waals surface area contributed by atoms with E-state index in [9.17, 15) is 29.9 Å². The van der Waals surface area contributed by atoms with Crippen LogP contribution in [0.2, 0.25) is 0 Å². The molecule has 1 unspecified atom stereocenters. The monoisotopic (exact) mass is 563 g/mol. The minimum Gasteiger partial charge on any atom is -0.478 e. The highest BCUT2D eigenvalue weighted by Gasteiger charge is 2.50. The average molecular weight is 564 g/mol. The molecule has 1 aliphatic carbocycles. The van der Waals surface area contributed by atoms with E-state index in [0.29, 0.717) is 11.1 Å². The van der Waals surface area contributed by atoms with Crippen molar-refractivity contribution in [3.05, 3.63) is 87.1 Å². The molecule has 3 N–H and O–H groups in total. The lowest BCUT2D eigenvalue weighted by Gasteiger charge is -2.33. The lowest BCUT2D eigenvalue weighted by Crippen LogP contribution is -2.39.